The van der Waals surface area contributed by atoms with Crippen LogP contribution < -0.4 is 10.1 Å². The quantitative estimate of drug-likeness (QED) is 0.880. The van der Waals surface area contributed by atoms with Gasteiger partial charge in [0.15, 0.2) is 0 Å². The van der Waals surface area contributed by atoms with Crippen molar-refractivity contribution in [3.05, 3.63) is 59.9 Å². The zero-order valence-electron chi connectivity index (χ0n) is 10.7. The summed E-state index contributed by atoms with van der Waals surface area (Å²) >= 11 is 0. The Morgan fingerprint density at radius 3 is 2.75 bits per heavy atom. The van der Waals surface area contributed by atoms with E-state index in [-0.39, 0.29) is 12.4 Å². The normalized spacial score (nSPS) is 10.1. The number of hydrogen-bond donors (Lipinski definition) is 2. The van der Waals surface area contributed by atoms with Crippen molar-refractivity contribution in [2.24, 2.45) is 0 Å². The summed E-state index contributed by atoms with van der Waals surface area (Å²) in [5.41, 5.74) is 1.25. The predicted molar refractivity (Wildman–Crippen MR) is 72.9 cm³/mol. The highest BCUT2D eigenvalue weighted by Gasteiger charge is 2.02. The molecular formula is C15H14FNO3. The number of hydrogen-bond acceptors (Lipinski definition) is 3. The number of ether oxygens (including phenoxy) is 1. The van der Waals surface area contributed by atoms with Crippen molar-refractivity contribution in [3.63, 3.8) is 0 Å². The third-order valence-corrected chi connectivity index (χ3v) is 2.56. The number of nitrogens with one attached hydrogen (secondary N) is 1. The van der Waals surface area contributed by atoms with Crippen molar-refractivity contribution in [1.29, 1.82) is 0 Å². The van der Waals surface area contributed by atoms with Crippen LogP contribution in [0.2, 0.25) is 0 Å². The van der Waals surface area contributed by atoms with Gasteiger partial charge in [0, 0.05) is 11.8 Å². The number of rotatable bonds is 5. The maximum absolute atomic E-state index is 13.0. The zero-order chi connectivity index (χ0) is 14.4. The van der Waals surface area contributed by atoms with Gasteiger partial charge in [-0.25, -0.2) is 4.39 Å². The molecular weight excluding hydrogens is 261 g/mol. The van der Waals surface area contributed by atoms with Crippen LogP contribution in [-0.2, 0) is 11.4 Å². The number of anilines is 1. The lowest BCUT2D eigenvalue weighted by Crippen LogP contribution is -2.15. The van der Waals surface area contributed by atoms with Crippen LogP contribution in [0.25, 0.3) is 0 Å². The molecule has 0 saturated heterocycles. The number of amides is 1. The predicted octanol–water partition coefficient (Wildman–Crippen LogP) is 2.34. The molecule has 0 saturated carbocycles. The van der Waals surface area contributed by atoms with E-state index < -0.39 is 12.5 Å². The fourth-order valence-corrected chi connectivity index (χ4v) is 1.66. The third kappa shape index (κ3) is 4.07. The maximum Gasteiger partial charge on any atom is 0.250 e. The minimum atomic E-state index is -0.575. The highest BCUT2D eigenvalue weighted by atomic mass is 19.1. The van der Waals surface area contributed by atoms with Crippen LogP contribution in [0, 0.1) is 5.82 Å². The molecule has 0 heterocycles. The fraction of sp³-hybridized carbons (Fsp3) is 0.133. The molecule has 104 valence electrons. The molecule has 4 nitrogen and oxygen atoms in total. The molecule has 0 bridgehead atoms. The lowest BCUT2D eigenvalue weighted by molar-refractivity contribution is -0.118. The third-order valence-electron chi connectivity index (χ3n) is 2.56. The SMILES string of the molecule is O=C(CO)Nc1cccc(OCc2cccc(F)c2)c1. The Morgan fingerprint density at radius 2 is 2.00 bits per heavy atom. The molecule has 1 amide bonds. The molecule has 0 spiro atoms. The summed E-state index contributed by atoms with van der Waals surface area (Å²) in [5, 5.41) is 11.2. The van der Waals surface area contributed by atoms with E-state index in [2.05, 4.69) is 5.32 Å². The Bertz CT molecular complexity index is 601. The molecule has 0 aliphatic carbocycles. The summed E-state index contributed by atoms with van der Waals surface area (Å²) in [5.74, 6) is -0.257. The number of aliphatic hydroxyl groups excluding tert-OH is 1. The Labute approximate surface area is 115 Å². The molecule has 2 aromatic rings. The van der Waals surface area contributed by atoms with Crippen molar-refractivity contribution < 1.29 is 19.0 Å². The molecule has 2 aromatic carbocycles. The van der Waals surface area contributed by atoms with Gasteiger partial charge in [-0.3, -0.25) is 4.79 Å². The Kier molecular flexibility index (Phi) is 4.68. The Morgan fingerprint density at radius 1 is 1.20 bits per heavy atom. The van der Waals surface area contributed by atoms with E-state index in [1.807, 2.05) is 0 Å². The maximum atomic E-state index is 13.0. The second kappa shape index (κ2) is 6.68. The molecule has 0 aliphatic rings. The zero-order valence-corrected chi connectivity index (χ0v) is 10.7. The molecule has 0 radical (unpaired) electrons. The van der Waals surface area contributed by atoms with Gasteiger partial charge in [0.1, 0.15) is 24.8 Å². The first-order chi connectivity index (χ1) is 9.67. The average molecular weight is 275 g/mol. The van der Waals surface area contributed by atoms with Crippen molar-refractivity contribution in [2.75, 3.05) is 11.9 Å². The van der Waals surface area contributed by atoms with Crippen LogP contribution in [0.15, 0.2) is 48.5 Å². The van der Waals surface area contributed by atoms with E-state index in [9.17, 15) is 9.18 Å². The van der Waals surface area contributed by atoms with Crippen molar-refractivity contribution in [2.45, 2.75) is 6.61 Å². The molecule has 0 aliphatic heterocycles. The largest absolute Gasteiger partial charge is 0.489 e. The van der Waals surface area contributed by atoms with Gasteiger partial charge in [-0.2, -0.15) is 0 Å². The first kappa shape index (κ1) is 14.0. The first-order valence-corrected chi connectivity index (χ1v) is 6.05. The van der Waals surface area contributed by atoms with Crippen LogP contribution in [0.4, 0.5) is 10.1 Å². The Balaban J connectivity index is 1.99. The lowest BCUT2D eigenvalue weighted by Gasteiger charge is -2.09. The number of benzene rings is 2. The van der Waals surface area contributed by atoms with E-state index in [1.165, 1.54) is 12.1 Å². The standard InChI is InChI=1S/C15H14FNO3/c16-12-4-1-3-11(7-12)10-20-14-6-2-5-13(8-14)17-15(19)9-18/h1-8,18H,9-10H2,(H,17,19). The summed E-state index contributed by atoms with van der Waals surface area (Å²) in [6, 6.07) is 12.9. The van der Waals surface area contributed by atoms with E-state index in [1.54, 1.807) is 36.4 Å². The summed E-state index contributed by atoms with van der Waals surface area (Å²) in [4.78, 5) is 11.1. The van der Waals surface area contributed by atoms with Crippen LogP contribution in [-0.4, -0.2) is 17.6 Å². The summed E-state index contributed by atoms with van der Waals surface area (Å²) in [6.45, 7) is -0.344. The van der Waals surface area contributed by atoms with Crippen LogP contribution >= 0.6 is 0 Å². The van der Waals surface area contributed by atoms with Gasteiger partial charge in [0.25, 0.3) is 0 Å². The molecule has 0 unspecified atom stereocenters. The van der Waals surface area contributed by atoms with Crippen molar-refractivity contribution in [3.8, 4) is 5.75 Å². The summed E-state index contributed by atoms with van der Waals surface area (Å²) in [7, 11) is 0. The molecule has 2 N–H and O–H groups in total. The van der Waals surface area contributed by atoms with E-state index in [0.717, 1.165) is 5.56 Å². The molecule has 0 fully saturated rings. The van der Waals surface area contributed by atoms with Crippen LogP contribution in [0.5, 0.6) is 5.75 Å². The van der Waals surface area contributed by atoms with Gasteiger partial charge in [0.05, 0.1) is 0 Å². The average Bonchev–Trinajstić information content (AvgIpc) is 2.45. The van der Waals surface area contributed by atoms with Gasteiger partial charge in [-0.1, -0.05) is 18.2 Å². The number of carbonyl (C=O) groups is 1. The number of aliphatic hydroxyl groups is 1. The van der Waals surface area contributed by atoms with Gasteiger partial charge < -0.3 is 15.2 Å². The highest BCUT2D eigenvalue weighted by molar-refractivity contribution is 5.91. The minimum absolute atomic E-state index is 0.231. The molecule has 20 heavy (non-hydrogen) atoms. The van der Waals surface area contributed by atoms with Crippen LogP contribution in [0.3, 0.4) is 0 Å². The topological polar surface area (TPSA) is 58.6 Å². The Hall–Kier alpha value is -2.40. The highest BCUT2D eigenvalue weighted by Crippen LogP contribution is 2.18. The number of halogens is 1. The smallest absolute Gasteiger partial charge is 0.250 e. The first-order valence-electron chi connectivity index (χ1n) is 6.05. The van der Waals surface area contributed by atoms with Crippen molar-refractivity contribution >= 4 is 11.6 Å². The molecule has 2 rings (SSSR count). The van der Waals surface area contributed by atoms with E-state index in [4.69, 9.17) is 9.84 Å². The minimum Gasteiger partial charge on any atom is -0.489 e. The molecule has 0 aromatic heterocycles. The summed E-state index contributed by atoms with van der Waals surface area (Å²) in [6.07, 6.45) is 0. The fourth-order valence-electron chi connectivity index (χ4n) is 1.66. The van der Waals surface area contributed by atoms with Gasteiger partial charge in [-0.15, -0.1) is 0 Å². The van der Waals surface area contributed by atoms with Crippen molar-refractivity contribution in [1.82, 2.24) is 0 Å². The number of carbonyl (C=O) groups excluding carboxylic acids is 1. The van der Waals surface area contributed by atoms with Crippen LogP contribution in [0.1, 0.15) is 5.56 Å². The van der Waals surface area contributed by atoms with Gasteiger partial charge in [-0.05, 0) is 29.8 Å². The molecule has 0 atom stereocenters. The monoisotopic (exact) mass is 275 g/mol. The van der Waals surface area contributed by atoms with Gasteiger partial charge in [0.2, 0.25) is 5.91 Å². The molecule has 5 heteroatoms. The lowest BCUT2D eigenvalue weighted by atomic mass is 10.2. The second-order valence-corrected chi connectivity index (χ2v) is 4.15. The second-order valence-electron chi connectivity index (χ2n) is 4.15. The van der Waals surface area contributed by atoms with E-state index in [0.29, 0.717) is 11.4 Å². The summed E-state index contributed by atoms with van der Waals surface area (Å²) < 4.78 is 18.5. The van der Waals surface area contributed by atoms with Gasteiger partial charge >= 0.3 is 0 Å². The van der Waals surface area contributed by atoms with E-state index >= 15 is 0 Å².